The van der Waals surface area contributed by atoms with Gasteiger partial charge >= 0.3 is 5.69 Å². The fourth-order valence-corrected chi connectivity index (χ4v) is 8.11. The van der Waals surface area contributed by atoms with Crippen LogP contribution in [0.25, 0.3) is 0 Å². The van der Waals surface area contributed by atoms with Crippen LogP contribution in [0.1, 0.15) is 71.1 Å². The number of Topliss-reactive ketones (excluding diaryl/α,β-unsaturated/α-hetero) is 1. The minimum Gasteiger partial charge on any atom is -0.297 e. The second-order valence-electron chi connectivity index (χ2n) is 10.6. The van der Waals surface area contributed by atoms with Gasteiger partial charge in [-0.15, -0.1) is 0 Å². The van der Waals surface area contributed by atoms with Crippen LogP contribution in [0.4, 0.5) is 10.1 Å². The number of nitro groups is 1. The van der Waals surface area contributed by atoms with Gasteiger partial charge in [-0.25, -0.2) is 4.39 Å². The second kappa shape index (κ2) is 7.13. The highest BCUT2D eigenvalue weighted by atomic mass is 19.1. The summed E-state index contributed by atoms with van der Waals surface area (Å²) in [6.45, 7) is 2.34. The molecule has 7 atom stereocenters. The highest BCUT2D eigenvalue weighted by Crippen LogP contribution is 2.66. The molecule has 1 aromatic heterocycles. The summed E-state index contributed by atoms with van der Waals surface area (Å²) in [6, 6.07) is 0. The van der Waals surface area contributed by atoms with Crippen molar-refractivity contribution in [2.75, 3.05) is 0 Å². The topological polar surface area (TPSA) is 78.0 Å². The van der Waals surface area contributed by atoms with Crippen molar-refractivity contribution in [3.05, 3.63) is 22.5 Å². The van der Waals surface area contributed by atoms with Gasteiger partial charge in [-0.1, -0.05) is 19.8 Å². The van der Waals surface area contributed by atoms with E-state index in [9.17, 15) is 14.9 Å². The van der Waals surface area contributed by atoms with E-state index >= 15 is 4.39 Å². The van der Waals surface area contributed by atoms with Crippen molar-refractivity contribution in [2.24, 2.45) is 35.0 Å². The minimum atomic E-state index is -0.974. The van der Waals surface area contributed by atoms with Crippen LogP contribution >= 0.6 is 0 Å². The van der Waals surface area contributed by atoms with Gasteiger partial charge in [0, 0.05) is 5.92 Å². The van der Waals surface area contributed by atoms with Gasteiger partial charge in [0.2, 0.25) is 0 Å². The third-order valence-corrected chi connectivity index (χ3v) is 9.48. The number of rotatable bonds is 4. The molecule has 4 aliphatic rings. The molecule has 0 spiro atoms. The normalized spacial score (nSPS) is 42.8. The summed E-state index contributed by atoms with van der Waals surface area (Å²) in [5, 5.41) is 14.9. The van der Waals surface area contributed by atoms with E-state index in [-0.39, 0.29) is 41.2 Å². The van der Waals surface area contributed by atoms with Crippen molar-refractivity contribution in [3.63, 3.8) is 0 Å². The third-order valence-electron chi connectivity index (χ3n) is 9.48. The fraction of sp³-hybridized carbons (Fsp3) is 0.826. The zero-order chi connectivity index (χ0) is 21.1. The Bertz CT molecular complexity index is 857. The number of carbonyl (C=O) groups is 1. The first kappa shape index (κ1) is 20.1. The number of nitrogens with zero attached hydrogens (tertiary/aromatic N) is 3. The van der Waals surface area contributed by atoms with E-state index in [1.54, 1.807) is 0 Å². The first-order valence-corrected chi connectivity index (χ1v) is 11.7. The highest BCUT2D eigenvalue weighted by molar-refractivity contribution is 5.82. The van der Waals surface area contributed by atoms with Gasteiger partial charge in [-0.3, -0.25) is 19.6 Å². The van der Waals surface area contributed by atoms with Crippen molar-refractivity contribution in [1.29, 1.82) is 0 Å². The maximum atomic E-state index is 16.2. The molecule has 0 radical (unpaired) electrons. The number of hydrogen-bond acceptors (Lipinski definition) is 4. The maximum Gasteiger partial charge on any atom is 0.307 e. The summed E-state index contributed by atoms with van der Waals surface area (Å²) in [7, 11) is 0. The zero-order valence-corrected chi connectivity index (χ0v) is 17.8. The molecule has 0 saturated heterocycles. The van der Waals surface area contributed by atoms with E-state index in [0.29, 0.717) is 11.8 Å². The van der Waals surface area contributed by atoms with E-state index in [2.05, 4.69) is 12.0 Å². The van der Waals surface area contributed by atoms with Gasteiger partial charge in [0.15, 0.2) is 5.78 Å². The number of ketones is 1. The molecule has 164 valence electrons. The molecule has 4 aliphatic carbocycles. The van der Waals surface area contributed by atoms with E-state index in [0.717, 1.165) is 57.8 Å². The van der Waals surface area contributed by atoms with Crippen LogP contribution in [-0.4, -0.2) is 26.2 Å². The molecule has 4 fully saturated rings. The van der Waals surface area contributed by atoms with Crippen LogP contribution in [0, 0.1) is 45.1 Å². The first-order chi connectivity index (χ1) is 14.3. The van der Waals surface area contributed by atoms with Gasteiger partial charge in [-0.2, -0.15) is 5.10 Å². The average molecular weight is 418 g/mol. The van der Waals surface area contributed by atoms with Gasteiger partial charge < -0.3 is 0 Å². The van der Waals surface area contributed by atoms with Crippen molar-refractivity contribution in [2.45, 2.75) is 83.3 Å². The van der Waals surface area contributed by atoms with Crippen molar-refractivity contribution in [1.82, 2.24) is 9.78 Å². The second-order valence-corrected chi connectivity index (χ2v) is 10.6. The van der Waals surface area contributed by atoms with Crippen LogP contribution < -0.4 is 0 Å². The lowest BCUT2D eigenvalue weighted by atomic mass is 9.48. The summed E-state index contributed by atoms with van der Waals surface area (Å²) in [5.74, 6) is 1.34. The molecule has 1 aromatic rings. The number of alkyl halides is 1. The van der Waals surface area contributed by atoms with Crippen LogP contribution in [0.15, 0.2) is 12.4 Å². The number of hydrogen-bond donors (Lipinski definition) is 0. The predicted octanol–water partition coefficient (Wildman–Crippen LogP) is 5.11. The molecule has 2 unspecified atom stereocenters. The SMILES string of the molecule is C[C@]12CCC3[C@@H](CC[C@@H]4CCCC[C@]34F)C1CC[C@@H]2C(=O)Cn1cc([N+](=O)[O-])cn1. The van der Waals surface area contributed by atoms with Crippen LogP contribution in [-0.2, 0) is 11.3 Å². The van der Waals surface area contributed by atoms with E-state index < -0.39 is 10.6 Å². The summed E-state index contributed by atoms with van der Waals surface area (Å²) < 4.78 is 17.6. The maximum absolute atomic E-state index is 16.2. The fourth-order valence-electron chi connectivity index (χ4n) is 8.11. The summed E-state index contributed by atoms with van der Waals surface area (Å²) in [4.78, 5) is 23.6. The Hall–Kier alpha value is -1.79. The van der Waals surface area contributed by atoms with Crippen LogP contribution in [0.2, 0.25) is 0 Å². The molecule has 0 aliphatic heterocycles. The Morgan fingerprint density at radius 3 is 2.80 bits per heavy atom. The lowest BCUT2D eigenvalue weighted by Crippen LogP contribution is -2.56. The molecule has 4 saturated carbocycles. The van der Waals surface area contributed by atoms with Gasteiger partial charge in [0.25, 0.3) is 0 Å². The van der Waals surface area contributed by atoms with Gasteiger partial charge in [0.1, 0.15) is 24.6 Å². The molecule has 6 nitrogen and oxygen atoms in total. The van der Waals surface area contributed by atoms with E-state index in [1.807, 2.05) is 0 Å². The average Bonchev–Trinajstić information content (AvgIpc) is 3.31. The van der Waals surface area contributed by atoms with Crippen molar-refractivity contribution < 1.29 is 14.1 Å². The molecule has 0 N–H and O–H groups in total. The smallest absolute Gasteiger partial charge is 0.297 e. The molecule has 5 rings (SSSR count). The molecule has 0 amide bonds. The quantitative estimate of drug-likeness (QED) is 0.504. The molecule has 1 heterocycles. The molecular formula is C23H32FN3O3. The van der Waals surface area contributed by atoms with Crippen molar-refractivity contribution in [3.8, 4) is 0 Å². The first-order valence-electron chi connectivity index (χ1n) is 11.7. The Labute approximate surface area is 176 Å². The summed E-state index contributed by atoms with van der Waals surface area (Å²) in [5.41, 5.74) is -1.13. The van der Waals surface area contributed by atoms with Gasteiger partial charge in [0.05, 0.1) is 4.92 Å². The number of carbonyl (C=O) groups excluding carboxylic acids is 1. The Morgan fingerprint density at radius 2 is 2.03 bits per heavy atom. The number of fused-ring (bicyclic) bond motifs is 5. The van der Waals surface area contributed by atoms with Crippen LogP contribution in [0.3, 0.4) is 0 Å². The lowest BCUT2D eigenvalue weighted by Gasteiger charge is -2.58. The van der Waals surface area contributed by atoms with E-state index in [4.69, 9.17) is 0 Å². The molecular weight excluding hydrogens is 385 g/mol. The zero-order valence-electron chi connectivity index (χ0n) is 17.8. The monoisotopic (exact) mass is 417 g/mol. The molecule has 0 aromatic carbocycles. The summed E-state index contributed by atoms with van der Waals surface area (Å²) in [6.07, 6.45) is 12.3. The van der Waals surface area contributed by atoms with E-state index in [1.165, 1.54) is 23.5 Å². The highest BCUT2D eigenvalue weighted by Gasteiger charge is 2.62. The Morgan fingerprint density at radius 1 is 1.20 bits per heavy atom. The summed E-state index contributed by atoms with van der Waals surface area (Å²) >= 11 is 0. The molecule has 7 heteroatoms. The Balaban J connectivity index is 1.33. The van der Waals surface area contributed by atoms with Gasteiger partial charge in [-0.05, 0) is 80.5 Å². The lowest BCUT2D eigenvalue weighted by molar-refractivity contribution is -0.385. The third kappa shape index (κ3) is 2.94. The predicted molar refractivity (Wildman–Crippen MR) is 109 cm³/mol. The van der Waals surface area contributed by atoms with Crippen molar-refractivity contribution >= 4 is 11.5 Å². The molecule has 30 heavy (non-hydrogen) atoms. The number of aromatic nitrogens is 2. The molecule has 0 bridgehead atoms. The minimum absolute atomic E-state index is 0.0497. The van der Waals surface area contributed by atoms with Crippen LogP contribution in [0.5, 0.6) is 0 Å². The number of halogens is 1. The Kier molecular flexibility index (Phi) is 4.78. The standard InChI is InChI=1S/C23H32FN3O3/c1-22-11-9-19-17(6-5-15-4-2-3-10-23(15,19)24)18(22)7-8-20(22)21(28)14-26-13-16(12-25-26)27(29)30/h12-13,15,17-20H,2-11,14H2,1H3/t15-,17-,18?,19?,20+,22-,23+/m0/s1. The largest absolute Gasteiger partial charge is 0.307 e.